The summed E-state index contributed by atoms with van der Waals surface area (Å²) in [6, 6.07) is 11.7. The van der Waals surface area contributed by atoms with Gasteiger partial charge in [0.1, 0.15) is 0 Å². The molecule has 0 saturated carbocycles. The fourth-order valence-corrected chi connectivity index (χ4v) is 3.46. The summed E-state index contributed by atoms with van der Waals surface area (Å²) in [7, 11) is 0. The van der Waals surface area contributed by atoms with E-state index in [1.165, 1.54) is 0 Å². The number of hydrogen-bond acceptors (Lipinski definition) is 6. The zero-order valence-electron chi connectivity index (χ0n) is 13.5. The van der Waals surface area contributed by atoms with E-state index in [-0.39, 0.29) is 0 Å². The lowest BCUT2D eigenvalue weighted by atomic mass is 10.1. The van der Waals surface area contributed by atoms with Crippen molar-refractivity contribution in [1.82, 2.24) is 29.9 Å². The molecule has 120 valence electrons. The van der Waals surface area contributed by atoms with Crippen molar-refractivity contribution in [3.8, 4) is 0 Å². The van der Waals surface area contributed by atoms with Crippen LogP contribution in [0.2, 0.25) is 0 Å². The van der Waals surface area contributed by atoms with Crippen LogP contribution in [0, 0.1) is 0 Å². The second-order valence-corrected chi connectivity index (χ2v) is 6.11. The number of hydrogen-bond donors (Lipinski definition) is 0. The molecule has 0 aliphatic rings. The second-order valence-electron chi connectivity index (χ2n) is 6.11. The highest BCUT2D eigenvalue weighted by Gasteiger charge is 2.14. The average Bonchev–Trinajstić information content (AvgIpc) is 2.71. The van der Waals surface area contributed by atoms with Crippen LogP contribution in [-0.2, 0) is 0 Å². The second kappa shape index (κ2) is 4.86. The van der Waals surface area contributed by atoms with Crippen LogP contribution >= 0.6 is 0 Å². The number of aromatic nitrogens is 6. The minimum atomic E-state index is 0.791. The lowest BCUT2D eigenvalue weighted by molar-refractivity contribution is 1.29. The van der Waals surface area contributed by atoms with Gasteiger partial charge < -0.3 is 0 Å². The molecule has 6 nitrogen and oxygen atoms in total. The maximum atomic E-state index is 4.91. The minimum absolute atomic E-state index is 0.791. The van der Waals surface area contributed by atoms with Crippen molar-refractivity contribution >= 4 is 54.9 Å². The van der Waals surface area contributed by atoms with Gasteiger partial charge in [0.05, 0.1) is 44.1 Å². The third-order valence-electron chi connectivity index (χ3n) is 4.60. The van der Waals surface area contributed by atoms with Crippen molar-refractivity contribution < 1.29 is 0 Å². The zero-order valence-corrected chi connectivity index (χ0v) is 13.5. The van der Waals surface area contributed by atoms with Crippen molar-refractivity contribution in [1.29, 1.82) is 0 Å². The molecule has 0 radical (unpaired) electrons. The van der Waals surface area contributed by atoms with Crippen molar-refractivity contribution in [2.75, 3.05) is 0 Å². The fourth-order valence-electron chi connectivity index (χ4n) is 3.46. The summed E-state index contributed by atoms with van der Waals surface area (Å²) in [5.74, 6) is 0. The lowest BCUT2D eigenvalue weighted by Crippen LogP contribution is -1.94. The maximum absolute atomic E-state index is 4.91. The van der Waals surface area contributed by atoms with Crippen LogP contribution in [0.1, 0.15) is 0 Å². The number of fused-ring (bicyclic) bond motifs is 8. The van der Waals surface area contributed by atoms with E-state index in [0.29, 0.717) is 0 Å². The molecule has 2 aromatic carbocycles. The van der Waals surface area contributed by atoms with E-state index in [2.05, 4.69) is 19.9 Å². The maximum Gasteiger partial charge on any atom is 0.0996 e. The molecule has 6 heteroatoms. The molecule has 0 bridgehead atoms. The van der Waals surface area contributed by atoms with E-state index in [1.54, 1.807) is 24.8 Å². The molecule has 0 spiro atoms. The first-order valence-electron chi connectivity index (χ1n) is 8.22. The number of nitrogens with zero attached hydrogens (tertiary/aromatic N) is 6. The molecule has 0 aliphatic heterocycles. The Labute approximate surface area is 146 Å². The smallest absolute Gasteiger partial charge is 0.0996 e. The Morgan fingerprint density at radius 2 is 0.962 bits per heavy atom. The van der Waals surface area contributed by atoms with Crippen LogP contribution < -0.4 is 0 Å². The number of benzene rings is 2. The van der Waals surface area contributed by atoms with Gasteiger partial charge in [0.25, 0.3) is 0 Å². The lowest BCUT2D eigenvalue weighted by Gasteiger charge is -2.09. The molecule has 4 heterocycles. The summed E-state index contributed by atoms with van der Waals surface area (Å²) in [6.45, 7) is 0. The summed E-state index contributed by atoms with van der Waals surface area (Å²) in [4.78, 5) is 27.6. The summed E-state index contributed by atoms with van der Waals surface area (Å²) >= 11 is 0. The number of pyridine rings is 2. The molecule has 0 atom stereocenters. The molecular weight excluding hydrogens is 324 g/mol. The first-order chi connectivity index (χ1) is 12.9. The minimum Gasteiger partial charge on any atom is -0.254 e. The third kappa shape index (κ3) is 1.75. The molecule has 0 amide bonds. The van der Waals surface area contributed by atoms with Crippen molar-refractivity contribution in [3.05, 3.63) is 61.2 Å². The predicted octanol–water partition coefficient (Wildman–Crippen LogP) is 3.82. The van der Waals surface area contributed by atoms with Gasteiger partial charge in [0, 0.05) is 35.6 Å². The molecule has 6 rings (SSSR count). The highest BCUT2D eigenvalue weighted by atomic mass is 14.8. The summed E-state index contributed by atoms with van der Waals surface area (Å²) in [5, 5.41) is 1.89. The van der Waals surface area contributed by atoms with E-state index in [1.807, 2.05) is 36.4 Å². The van der Waals surface area contributed by atoms with E-state index in [0.717, 1.165) is 54.9 Å². The average molecular weight is 334 g/mol. The molecule has 0 fully saturated rings. The summed E-state index contributed by atoms with van der Waals surface area (Å²) in [6.07, 6.45) is 6.92. The Morgan fingerprint density at radius 1 is 0.462 bits per heavy atom. The first kappa shape index (κ1) is 13.5. The van der Waals surface area contributed by atoms with Crippen LogP contribution in [0.15, 0.2) is 61.2 Å². The third-order valence-corrected chi connectivity index (χ3v) is 4.60. The monoisotopic (exact) mass is 334 g/mol. The Morgan fingerprint density at radius 3 is 1.46 bits per heavy atom. The summed E-state index contributed by atoms with van der Waals surface area (Å²) in [5.41, 5.74) is 6.51. The van der Waals surface area contributed by atoms with Gasteiger partial charge in [-0.3, -0.25) is 19.9 Å². The van der Waals surface area contributed by atoms with Gasteiger partial charge in [-0.15, -0.1) is 0 Å². The largest absolute Gasteiger partial charge is 0.254 e. The van der Waals surface area contributed by atoms with Gasteiger partial charge in [-0.25, -0.2) is 9.97 Å². The standard InChI is InChI=1S/C20H10N6/c1-3-11-17(23-5-1)18-12(4-2-6-24-18)20-19(11)25-15-9-13-14(10-16(15)26-20)22-8-7-21-13/h1-10H. The van der Waals surface area contributed by atoms with Gasteiger partial charge in [-0.2, -0.15) is 0 Å². The molecule has 26 heavy (non-hydrogen) atoms. The highest BCUT2D eigenvalue weighted by Crippen LogP contribution is 2.32. The molecule has 0 N–H and O–H groups in total. The number of rotatable bonds is 0. The predicted molar refractivity (Wildman–Crippen MR) is 101 cm³/mol. The topological polar surface area (TPSA) is 77.3 Å². The molecule has 0 saturated heterocycles. The van der Waals surface area contributed by atoms with E-state index >= 15 is 0 Å². The molecule has 6 aromatic rings. The normalized spacial score (nSPS) is 11.8. The Balaban J connectivity index is 1.91. The molecule has 0 aliphatic carbocycles. The van der Waals surface area contributed by atoms with Gasteiger partial charge in [-0.05, 0) is 36.4 Å². The van der Waals surface area contributed by atoms with Crippen LogP contribution in [-0.4, -0.2) is 29.9 Å². The van der Waals surface area contributed by atoms with E-state index in [4.69, 9.17) is 9.97 Å². The van der Waals surface area contributed by atoms with Gasteiger partial charge in [0.2, 0.25) is 0 Å². The zero-order chi connectivity index (χ0) is 17.1. The fraction of sp³-hybridized carbons (Fsp3) is 0. The van der Waals surface area contributed by atoms with Gasteiger partial charge >= 0.3 is 0 Å². The Kier molecular flexibility index (Phi) is 2.52. The van der Waals surface area contributed by atoms with Gasteiger partial charge in [-0.1, -0.05) is 0 Å². The quantitative estimate of drug-likeness (QED) is 0.310. The van der Waals surface area contributed by atoms with Crippen molar-refractivity contribution in [3.63, 3.8) is 0 Å². The van der Waals surface area contributed by atoms with Crippen molar-refractivity contribution in [2.45, 2.75) is 0 Å². The van der Waals surface area contributed by atoms with E-state index < -0.39 is 0 Å². The molecule has 4 aromatic heterocycles. The van der Waals surface area contributed by atoms with Gasteiger partial charge in [0.15, 0.2) is 0 Å². The summed E-state index contributed by atoms with van der Waals surface area (Å²) < 4.78 is 0. The Hall–Kier alpha value is -3.80. The SMILES string of the molecule is c1cnc2c(c1)c1nc3cc4nccnc4cc3nc1c1cccnc12. The van der Waals surface area contributed by atoms with Crippen molar-refractivity contribution in [2.24, 2.45) is 0 Å². The first-order valence-corrected chi connectivity index (χ1v) is 8.22. The van der Waals surface area contributed by atoms with E-state index in [9.17, 15) is 0 Å². The van der Waals surface area contributed by atoms with Crippen LogP contribution in [0.5, 0.6) is 0 Å². The van der Waals surface area contributed by atoms with Crippen LogP contribution in [0.25, 0.3) is 54.9 Å². The molecule has 0 unspecified atom stereocenters. The Bertz CT molecular complexity index is 1380. The highest BCUT2D eigenvalue weighted by molar-refractivity contribution is 6.21. The van der Waals surface area contributed by atoms with Crippen LogP contribution in [0.4, 0.5) is 0 Å². The van der Waals surface area contributed by atoms with Crippen LogP contribution in [0.3, 0.4) is 0 Å². The molecular formula is C20H10N6.